The summed E-state index contributed by atoms with van der Waals surface area (Å²) in [6, 6.07) is 7.18. The number of hydrogen-bond acceptors (Lipinski definition) is 3. The van der Waals surface area contributed by atoms with Gasteiger partial charge in [0.2, 0.25) is 0 Å². The van der Waals surface area contributed by atoms with Gasteiger partial charge in [-0.25, -0.2) is 4.79 Å². The number of carbonyl (C=O) groups is 2. The molecule has 108 valence electrons. The molecule has 0 saturated heterocycles. The van der Waals surface area contributed by atoms with Crippen LogP contribution in [0, 0.1) is 0 Å². The quantitative estimate of drug-likeness (QED) is 0.723. The van der Waals surface area contributed by atoms with Crippen molar-refractivity contribution in [3.05, 3.63) is 29.8 Å². The Hall–Kier alpha value is -1.84. The summed E-state index contributed by atoms with van der Waals surface area (Å²) in [5, 5.41) is 0. The third-order valence-corrected chi connectivity index (χ3v) is 3.22. The summed E-state index contributed by atoms with van der Waals surface area (Å²) in [6.45, 7) is 9.26. The molecule has 0 unspecified atom stereocenters. The zero-order chi connectivity index (χ0) is 15.1. The molecule has 0 bridgehead atoms. The first-order valence-electron chi connectivity index (χ1n) is 6.77. The number of rotatable bonds is 0. The Morgan fingerprint density at radius 2 is 1.85 bits per heavy atom. The van der Waals surface area contributed by atoms with Gasteiger partial charge in [0.1, 0.15) is 5.60 Å². The van der Waals surface area contributed by atoms with E-state index in [9.17, 15) is 9.59 Å². The van der Waals surface area contributed by atoms with Crippen LogP contribution < -0.4 is 4.90 Å². The van der Waals surface area contributed by atoms with Crippen molar-refractivity contribution < 1.29 is 14.3 Å². The Kier molecular flexibility index (Phi) is 3.36. The first kappa shape index (κ1) is 14.6. The second-order valence-corrected chi connectivity index (χ2v) is 6.75. The lowest BCUT2D eigenvalue weighted by Gasteiger charge is -2.42. The molecule has 1 aromatic carbocycles. The van der Waals surface area contributed by atoms with Crippen molar-refractivity contribution in [2.24, 2.45) is 0 Å². The number of ether oxygens (including phenoxy) is 1. The predicted molar refractivity (Wildman–Crippen MR) is 78.2 cm³/mol. The number of amides is 1. The molecule has 1 heterocycles. The number of benzene rings is 1. The lowest BCUT2D eigenvalue weighted by atomic mass is 9.86. The Labute approximate surface area is 119 Å². The predicted octanol–water partition coefficient (Wildman–Crippen LogP) is 3.79. The number of nitrogens with zero attached hydrogens (tertiary/aromatic N) is 1. The maximum absolute atomic E-state index is 12.5. The molecule has 1 aliphatic rings. The van der Waals surface area contributed by atoms with Crippen LogP contribution in [0.1, 0.15) is 51.4 Å². The van der Waals surface area contributed by atoms with Crippen molar-refractivity contribution in [1.82, 2.24) is 0 Å². The number of fused-ring (bicyclic) bond motifs is 1. The van der Waals surface area contributed by atoms with Crippen LogP contribution in [0.2, 0.25) is 0 Å². The van der Waals surface area contributed by atoms with Gasteiger partial charge in [-0.1, -0.05) is 12.1 Å². The molecule has 0 aromatic heterocycles. The molecule has 0 saturated carbocycles. The fraction of sp³-hybridized carbons (Fsp3) is 0.500. The summed E-state index contributed by atoms with van der Waals surface area (Å²) < 4.78 is 5.48. The fourth-order valence-electron chi connectivity index (χ4n) is 2.45. The zero-order valence-electron chi connectivity index (χ0n) is 12.7. The molecular formula is C16H21NO3. The zero-order valence-corrected chi connectivity index (χ0v) is 12.7. The van der Waals surface area contributed by atoms with Crippen molar-refractivity contribution in [3.63, 3.8) is 0 Å². The van der Waals surface area contributed by atoms with E-state index in [0.717, 1.165) is 0 Å². The molecule has 1 amide bonds. The lowest BCUT2D eigenvalue weighted by molar-refractivity contribution is 0.0536. The number of carbonyl (C=O) groups excluding carboxylic acids is 2. The molecule has 1 aromatic rings. The van der Waals surface area contributed by atoms with E-state index in [2.05, 4.69) is 0 Å². The molecule has 2 rings (SSSR count). The maximum Gasteiger partial charge on any atom is 0.415 e. The van der Waals surface area contributed by atoms with E-state index in [0.29, 0.717) is 17.7 Å². The van der Waals surface area contributed by atoms with Crippen LogP contribution in [0.5, 0.6) is 0 Å². The molecule has 4 nitrogen and oxygen atoms in total. The van der Waals surface area contributed by atoms with Gasteiger partial charge in [0.25, 0.3) is 0 Å². The van der Waals surface area contributed by atoms with E-state index in [-0.39, 0.29) is 5.78 Å². The summed E-state index contributed by atoms with van der Waals surface area (Å²) in [7, 11) is 0. The Balaban J connectivity index is 2.47. The van der Waals surface area contributed by atoms with Crippen molar-refractivity contribution in [3.8, 4) is 0 Å². The first-order valence-corrected chi connectivity index (χ1v) is 6.77. The number of Topliss-reactive ketones (excluding diaryl/α,β-unsaturated/α-hetero) is 1. The first-order chi connectivity index (χ1) is 9.12. The minimum Gasteiger partial charge on any atom is -0.443 e. The topological polar surface area (TPSA) is 46.6 Å². The largest absolute Gasteiger partial charge is 0.443 e. The van der Waals surface area contributed by atoms with Crippen LogP contribution in [0.4, 0.5) is 10.5 Å². The van der Waals surface area contributed by atoms with Gasteiger partial charge in [-0.3, -0.25) is 9.69 Å². The van der Waals surface area contributed by atoms with Crippen LogP contribution in [-0.4, -0.2) is 23.0 Å². The molecule has 0 atom stereocenters. The van der Waals surface area contributed by atoms with E-state index in [1.54, 1.807) is 17.0 Å². The normalized spacial score (nSPS) is 17.6. The molecule has 0 fully saturated rings. The summed E-state index contributed by atoms with van der Waals surface area (Å²) in [4.78, 5) is 26.3. The second kappa shape index (κ2) is 4.62. The van der Waals surface area contributed by atoms with Gasteiger partial charge in [-0.05, 0) is 46.8 Å². The maximum atomic E-state index is 12.5. The standard InChI is InChI=1S/C16H21NO3/c1-15(2,3)20-14(19)17-12-9-7-6-8-11(12)13(18)10-16(17,4)5/h6-9H,10H2,1-5H3. The summed E-state index contributed by atoms with van der Waals surface area (Å²) >= 11 is 0. The van der Waals surface area contributed by atoms with Crippen LogP contribution in [0.15, 0.2) is 24.3 Å². The van der Waals surface area contributed by atoms with Gasteiger partial charge in [-0.2, -0.15) is 0 Å². The minimum atomic E-state index is -0.590. The average molecular weight is 275 g/mol. The van der Waals surface area contributed by atoms with Crippen LogP contribution in [-0.2, 0) is 4.74 Å². The Morgan fingerprint density at radius 3 is 2.45 bits per heavy atom. The van der Waals surface area contributed by atoms with Crippen molar-refractivity contribution in [2.75, 3.05) is 4.90 Å². The van der Waals surface area contributed by atoms with Gasteiger partial charge in [0.05, 0.1) is 11.2 Å². The Bertz CT molecular complexity index is 555. The Morgan fingerprint density at radius 1 is 1.25 bits per heavy atom. The van der Waals surface area contributed by atoms with Crippen LogP contribution >= 0.6 is 0 Å². The van der Waals surface area contributed by atoms with Gasteiger partial charge in [0, 0.05) is 12.0 Å². The monoisotopic (exact) mass is 275 g/mol. The number of anilines is 1. The van der Waals surface area contributed by atoms with Gasteiger partial charge >= 0.3 is 6.09 Å². The third-order valence-electron chi connectivity index (χ3n) is 3.22. The van der Waals surface area contributed by atoms with Gasteiger partial charge in [0.15, 0.2) is 5.78 Å². The lowest BCUT2D eigenvalue weighted by Crippen LogP contribution is -2.53. The van der Waals surface area contributed by atoms with E-state index >= 15 is 0 Å². The van der Waals surface area contributed by atoms with E-state index in [1.807, 2.05) is 46.8 Å². The van der Waals surface area contributed by atoms with E-state index < -0.39 is 17.2 Å². The molecule has 4 heteroatoms. The average Bonchev–Trinajstić information content (AvgIpc) is 2.25. The van der Waals surface area contributed by atoms with E-state index in [1.165, 1.54) is 0 Å². The summed E-state index contributed by atoms with van der Waals surface area (Å²) in [6.07, 6.45) is -0.120. The highest BCUT2D eigenvalue weighted by Crippen LogP contribution is 2.37. The highest BCUT2D eigenvalue weighted by Gasteiger charge is 2.42. The van der Waals surface area contributed by atoms with Crippen molar-refractivity contribution in [2.45, 2.75) is 52.2 Å². The second-order valence-electron chi connectivity index (χ2n) is 6.75. The fourth-order valence-corrected chi connectivity index (χ4v) is 2.45. The molecule has 20 heavy (non-hydrogen) atoms. The van der Waals surface area contributed by atoms with Crippen LogP contribution in [0.25, 0.3) is 0 Å². The SMILES string of the molecule is CC(C)(C)OC(=O)N1c2ccccc2C(=O)CC1(C)C. The number of hydrogen-bond donors (Lipinski definition) is 0. The molecule has 0 aliphatic carbocycles. The minimum absolute atomic E-state index is 0.0606. The third kappa shape index (κ3) is 2.69. The summed E-state index contributed by atoms with van der Waals surface area (Å²) in [5.41, 5.74) is 0.0535. The van der Waals surface area contributed by atoms with E-state index in [4.69, 9.17) is 4.74 Å². The molecule has 0 spiro atoms. The van der Waals surface area contributed by atoms with Crippen molar-refractivity contribution >= 4 is 17.6 Å². The number of ketones is 1. The van der Waals surface area contributed by atoms with Gasteiger partial charge in [-0.15, -0.1) is 0 Å². The van der Waals surface area contributed by atoms with Gasteiger partial charge < -0.3 is 4.74 Å². The highest BCUT2D eigenvalue weighted by molar-refractivity contribution is 6.08. The smallest absolute Gasteiger partial charge is 0.415 e. The summed E-state index contributed by atoms with van der Waals surface area (Å²) in [5.74, 6) is 0.0606. The molecule has 0 radical (unpaired) electrons. The molecular weight excluding hydrogens is 254 g/mol. The van der Waals surface area contributed by atoms with Crippen molar-refractivity contribution in [1.29, 1.82) is 0 Å². The van der Waals surface area contributed by atoms with Crippen LogP contribution in [0.3, 0.4) is 0 Å². The molecule has 0 N–H and O–H groups in total. The number of para-hydroxylation sites is 1. The highest BCUT2D eigenvalue weighted by atomic mass is 16.6. The molecule has 1 aliphatic heterocycles.